The zero-order valence-corrected chi connectivity index (χ0v) is 14.5. The number of methoxy groups -OCH3 is 2. The largest absolute Gasteiger partial charge is 0.464 e. The average Bonchev–Trinajstić information content (AvgIpc) is 3.09. The minimum atomic E-state index is -0.629. The molecule has 8 nitrogen and oxygen atoms in total. The number of esters is 1. The van der Waals surface area contributed by atoms with Gasteiger partial charge in [-0.3, -0.25) is 0 Å². The van der Waals surface area contributed by atoms with Gasteiger partial charge in [0, 0.05) is 25.9 Å². The number of ether oxygens (including phenoxy) is 2. The van der Waals surface area contributed by atoms with E-state index < -0.39 is 17.8 Å². The van der Waals surface area contributed by atoms with Gasteiger partial charge >= 0.3 is 12.0 Å². The summed E-state index contributed by atoms with van der Waals surface area (Å²) in [5.74, 6) is -0.906. The van der Waals surface area contributed by atoms with Gasteiger partial charge in [-0.15, -0.1) is 0 Å². The van der Waals surface area contributed by atoms with Crippen LogP contribution in [-0.2, 0) is 16.0 Å². The minimum Gasteiger partial charge on any atom is -0.464 e. The maximum absolute atomic E-state index is 13.3. The number of anilines is 1. The van der Waals surface area contributed by atoms with Gasteiger partial charge in [0.2, 0.25) is 5.89 Å². The molecule has 1 N–H and O–H groups in total. The van der Waals surface area contributed by atoms with Crippen LogP contribution in [0.25, 0.3) is 0 Å². The third-order valence-corrected chi connectivity index (χ3v) is 3.41. The Kier molecular flexibility index (Phi) is 7.10. The van der Waals surface area contributed by atoms with Crippen molar-refractivity contribution in [3.8, 4) is 0 Å². The second kappa shape index (κ2) is 9.52. The third kappa shape index (κ3) is 5.55. The number of nitrogens with zero attached hydrogens (tertiary/aromatic N) is 2. The van der Waals surface area contributed by atoms with Gasteiger partial charge in [-0.25, -0.2) is 19.0 Å². The van der Waals surface area contributed by atoms with E-state index in [-0.39, 0.29) is 18.1 Å². The topological polar surface area (TPSA) is 93.9 Å². The third-order valence-electron chi connectivity index (χ3n) is 3.41. The van der Waals surface area contributed by atoms with E-state index >= 15 is 0 Å². The van der Waals surface area contributed by atoms with Crippen LogP contribution in [0.5, 0.6) is 0 Å². The number of oxazole rings is 1. The molecule has 0 saturated carbocycles. The molecule has 0 radical (unpaired) electrons. The van der Waals surface area contributed by atoms with Crippen LogP contribution in [0.1, 0.15) is 22.8 Å². The van der Waals surface area contributed by atoms with E-state index in [9.17, 15) is 14.0 Å². The van der Waals surface area contributed by atoms with Crippen LogP contribution in [0.2, 0.25) is 0 Å². The molecule has 0 unspecified atom stereocenters. The maximum atomic E-state index is 13.3. The van der Waals surface area contributed by atoms with Crippen LogP contribution in [0.3, 0.4) is 0 Å². The fraction of sp³-hybridized carbons (Fsp3) is 0.353. The van der Waals surface area contributed by atoms with Crippen molar-refractivity contribution < 1.29 is 27.9 Å². The first-order chi connectivity index (χ1) is 12.5. The Morgan fingerprint density at radius 2 is 2.15 bits per heavy atom. The van der Waals surface area contributed by atoms with Crippen LogP contribution in [-0.4, -0.2) is 49.3 Å². The SMILES string of the molecule is COCCCN(Cc1nc(C(=O)OC)co1)C(=O)Nc1cccc(F)c1. The molecule has 1 heterocycles. The first-order valence-electron chi connectivity index (χ1n) is 7.86. The Morgan fingerprint density at radius 3 is 2.85 bits per heavy atom. The van der Waals surface area contributed by atoms with Gasteiger partial charge < -0.3 is 24.1 Å². The van der Waals surface area contributed by atoms with E-state index in [4.69, 9.17) is 9.15 Å². The van der Waals surface area contributed by atoms with Crippen molar-refractivity contribution in [3.63, 3.8) is 0 Å². The van der Waals surface area contributed by atoms with Crippen molar-refractivity contribution in [3.05, 3.63) is 47.9 Å². The summed E-state index contributed by atoms with van der Waals surface area (Å²) in [5.41, 5.74) is 0.347. The summed E-state index contributed by atoms with van der Waals surface area (Å²) in [7, 11) is 2.80. The molecule has 0 aliphatic heterocycles. The van der Waals surface area contributed by atoms with Crippen LogP contribution < -0.4 is 5.32 Å². The first kappa shape index (κ1) is 19.4. The lowest BCUT2D eigenvalue weighted by atomic mass is 10.3. The van der Waals surface area contributed by atoms with Gasteiger partial charge in [0.05, 0.1) is 13.7 Å². The summed E-state index contributed by atoms with van der Waals surface area (Å²) in [6.07, 6.45) is 1.75. The lowest BCUT2D eigenvalue weighted by molar-refractivity contribution is 0.0594. The number of aromatic nitrogens is 1. The lowest BCUT2D eigenvalue weighted by Crippen LogP contribution is -2.35. The van der Waals surface area contributed by atoms with Gasteiger partial charge in [-0.2, -0.15) is 0 Å². The molecule has 1 aromatic carbocycles. The van der Waals surface area contributed by atoms with E-state index in [1.54, 1.807) is 13.2 Å². The van der Waals surface area contributed by atoms with Crippen molar-refractivity contribution in [2.45, 2.75) is 13.0 Å². The van der Waals surface area contributed by atoms with Gasteiger partial charge in [-0.05, 0) is 24.6 Å². The highest BCUT2D eigenvalue weighted by atomic mass is 19.1. The van der Waals surface area contributed by atoms with Crippen LogP contribution in [0.4, 0.5) is 14.9 Å². The molecular formula is C17H20FN3O5. The quantitative estimate of drug-likeness (QED) is 0.571. The first-order valence-corrected chi connectivity index (χ1v) is 7.86. The summed E-state index contributed by atoms with van der Waals surface area (Å²) in [4.78, 5) is 29.4. The highest BCUT2D eigenvalue weighted by Crippen LogP contribution is 2.13. The molecule has 0 aliphatic rings. The fourth-order valence-corrected chi connectivity index (χ4v) is 2.17. The molecule has 2 rings (SSSR count). The standard InChI is InChI=1S/C17H20FN3O5/c1-24-8-4-7-21(10-15-20-14(11-26-15)16(22)25-2)17(23)19-13-6-3-5-12(18)9-13/h3,5-6,9,11H,4,7-8,10H2,1-2H3,(H,19,23). The molecule has 0 aliphatic carbocycles. The Bertz CT molecular complexity index is 750. The van der Waals surface area contributed by atoms with Gasteiger partial charge in [-0.1, -0.05) is 6.07 Å². The minimum absolute atomic E-state index is 0.0184. The van der Waals surface area contributed by atoms with E-state index in [0.29, 0.717) is 25.3 Å². The van der Waals surface area contributed by atoms with E-state index in [1.807, 2.05) is 0 Å². The molecule has 0 bridgehead atoms. The van der Waals surface area contributed by atoms with Crippen LogP contribution in [0.15, 0.2) is 34.9 Å². The van der Waals surface area contributed by atoms with E-state index in [1.165, 1.54) is 36.5 Å². The highest BCUT2D eigenvalue weighted by Gasteiger charge is 2.19. The molecular weight excluding hydrogens is 345 g/mol. The Morgan fingerprint density at radius 1 is 1.35 bits per heavy atom. The number of urea groups is 1. The Hall–Kier alpha value is -2.94. The zero-order valence-electron chi connectivity index (χ0n) is 14.5. The van der Waals surface area contributed by atoms with Crippen molar-refractivity contribution in [2.75, 3.05) is 32.7 Å². The van der Waals surface area contributed by atoms with Gasteiger partial charge in [0.1, 0.15) is 12.1 Å². The molecule has 0 fully saturated rings. The predicted molar refractivity (Wildman–Crippen MR) is 90.2 cm³/mol. The molecule has 0 saturated heterocycles. The number of hydrogen-bond donors (Lipinski definition) is 1. The second-order valence-corrected chi connectivity index (χ2v) is 5.33. The van der Waals surface area contributed by atoms with E-state index in [2.05, 4.69) is 15.0 Å². The van der Waals surface area contributed by atoms with Crippen molar-refractivity contribution in [1.29, 1.82) is 0 Å². The molecule has 2 amide bonds. The average molecular weight is 365 g/mol. The van der Waals surface area contributed by atoms with Crippen LogP contribution >= 0.6 is 0 Å². The van der Waals surface area contributed by atoms with E-state index in [0.717, 1.165) is 0 Å². The highest BCUT2D eigenvalue weighted by molar-refractivity contribution is 5.89. The molecule has 1 aromatic heterocycles. The number of rotatable bonds is 8. The Balaban J connectivity index is 2.07. The fourth-order valence-electron chi connectivity index (χ4n) is 2.17. The molecule has 26 heavy (non-hydrogen) atoms. The number of carbonyl (C=O) groups is 2. The number of hydrogen-bond acceptors (Lipinski definition) is 6. The van der Waals surface area contributed by atoms with Gasteiger partial charge in [0.25, 0.3) is 0 Å². The number of benzene rings is 1. The van der Waals surface area contributed by atoms with Gasteiger partial charge in [0.15, 0.2) is 5.69 Å². The maximum Gasteiger partial charge on any atom is 0.360 e. The molecule has 140 valence electrons. The molecule has 9 heteroatoms. The molecule has 0 atom stereocenters. The smallest absolute Gasteiger partial charge is 0.360 e. The van der Waals surface area contributed by atoms with Crippen molar-refractivity contribution in [1.82, 2.24) is 9.88 Å². The molecule has 0 spiro atoms. The number of amides is 2. The summed E-state index contributed by atoms with van der Waals surface area (Å²) in [6.45, 7) is 0.843. The van der Waals surface area contributed by atoms with Crippen LogP contribution in [0, 0.1) is 5.82 Å². The second-order valence-electron chi connectivity index (χ2n) is 5.33. The number of nitrogens with one attached hydrogen (secondary N) is 1. The normalized spacial score (nSPS) is 10.4. The van der Waals surface area contributed by atoms with Crippen molar-refractivity contribution >= 4 is 17.7 Å². The lowest BCUT2D eigenvalue weighted by Gasteiger charge is -2.21. The Labute approximate surface area is 149 Å². The monoisotopic (exact) mass is 365 g/mol. The molecule has 2 aromatic rings. The predicted octanol–water partition coefficient (Wildman–Crippen LogP) is 2.67. The van der Waals surface area contributed by atoms with Crippen molar-refractivity contribution in [2.24, 2.45) is 0 Å². The summed E-state index contributed by atoms with van der Waals surface area (Å²) in [5, 5.41) is 2.62. The summed E-state index contributed by atoms with van der Waals surface area (Å²) in [6, 6.07) is 5.12. The number of halogens is 1. The zero-order chi connectivity index (χ0) is 18.9. The summed E-state index contributed by atoms with van der Waals surface area (Å²) < 4.78 is 28.1. The summed E-state index contributed by atoms with van der Waals surface area (Å²) >= 11 is 0. The number of carbonyl (C=O) groups excluding carboxylic acids is 2.